The largest absolute Gasteiger partial charge is 0.339 e. The van der Waals surface area contributed by atoms with Crippen LogP contribution in [0.15, 0.2) is 0 Å². The lowest BCUT2D eigenvalue weighted by molar-refractivity contribution is -0.143. The third kappa shape index (κ3) is 3.72. The Bertz CT molecular complexity index is 241. The third-order valence-electron chi connectivity index (χ3n) is 4.20. The average Bonchev–Trinajstić information content (AvgIpc) is 2.36. The molecule has 100 valence electrons. The van der Waals surface area contributed by atoms with Gasteiger partial charge >= 0.3 is 0 Å². The van der Waals surface area contributed by atoms with Crippen molar-refractivity contribution in [2.24, 2.45) is 5.41 Å². The van der Waals surface area contributed by atoms with Gasteiger partial charge in [-0.3, -0.25) is 4.79 Å². The third-order valence-corrected chi connectivity index (χ3v) is 4.20. The lowest BCUT2D eigenvalue weighted by atomic mass is 9.86. The van der Waals surface area contributed by atoms with E-state index in [1.165, 1.54) is 32.1 Å². The van der Waals surface area contributed by atoms with E-state index in [2.05, 4.69) is 32.6 Å². The van der Waals surface area contributed by atoms with E-state index in [1.54, 1.807) is 0 Å². The van der Waals surface area contributed by atoms with E-state index in [4.69, 9.17) is 0 Å². The Morgan fingerprint density at radius 2 is 1.76 bits per heavy atom. The topological polar surface area (TPSA) is 20.3 Å². The van der Waals surface area contributed by atoms with Gasteiger partial charge in [-0.05, 0) is 25.7 Å². The summed E-state index contributed by atoms with van der Waals surface area (Å²) in [4.78, 5) is 14.8. The number of rotatable bonds is 5. The first-order valence-corrected chi connectivity index (χ1v) is 7.34. The quantitative estimate of drug-likeness (QED) is 0.710. The van der Waals surface area contributed by atoms with E-state index < -0.39 is 0 Å². The molecule has 1 rings (SSSR count). The Morgan fingerprint density at radius 3 is 2.24 bits per heavy atom. The molecule has 0 aromatic heterocycles. The number of carbonyl (C=O) groups excluding carboxylic acids is 1. The summed E-state index contributed by atoms with van der Waals surface area (Å²) in [6.07, 6.45) is 8.37. The van der Waals surface area contributed by atoms with Crippen LogP contribution in [0.3, 0.4) is 0 Å². The predicted molar refractivity (Wildman–Crippen MR) is 72.9 cm³/mol. The van der Waals surface area contributed by atoms with Gasteiger partial charge in [0.15, 0.2) is 0 Å². The summed E-state index contributed by atoms with van der Waals surface area (Å²) in [6, 6.07) is 0.516. The molecule has 1 aliphatic rings. The van der Waals surface area contributed by atoms with Crippen LogP contribution in [0.4, 0.5) is 0 Å². The Kier molecular flexibility index (Phi) is 5.48. The van der Waals surface area contributed by atoms with Crippen LogP contribution in [-0.2, 0) is 4.79 Å². The number of amides is 1. The normalized spacial score (nSPS) is 18.1. The van der Waals surface area contributed by atoms with Crippen molar-refractivity contribution in [3.63, 3.8) is 0 Å². The first-order chi connectivity index (χ1) is 8.03. The maximum atomic E-state index is 12.6. The molecule has 0 aromatic carbocycles. The minimum absolute atomic E-state index is 0.188. The van der Waals surface area contributed by atoms with Crippen LogP contribution in [0.1, 0.15) is 72.6 Å². The highest BCUT2D eigenvalue weighted by Gasteiger charge is 2.33. The van der Waals surface area contributed by atoms with Gasteiger partial charge < -0.3 is 4.90 Å². The summed E-state index contributed by atoms with van der Waals surface area (Å²) in [6.45, 7) is 9.39. The minimum atomic E-state index is -0.188. The van der Waals surface area contributed by atoms with Crippen molar-refractivity contribution in [2.75, 3.05) is 6.54 Å². The van der Waals surface area contributed by atoms with Crippen LogP contribution in [-0.4, -0.2) is 23.4 Å². The van der Waals surface area contributed by atoms with Gasteiger partial charge in [0.2, 0.25) is 5.91 Å². The minimum Gasteiger partial charge on any atom is -0.339 e. The fraction of sp³-hybridized carbons (Fsp3) is 0.933. The van der Waals surface area contributed by atoms with Gasteiger partial charge in [-0.1, -0.05) is 47.0 Å². The molecule has 1 amide bonds. The summed E-state index contributed by atoms with van der Waals surface area (Å²) in [5.41, 5.74) is -0.188. The molecule has 1 saturated carbocycles. The molecule has 1 fully saturated rings. The summed E-state index contributed by atoms with van der Waals surface area (Å²) in [5, 5.41) is 0. The molecule has 1 aliphatic carbocycles. The van der Waals surface area contributed by atoms with E-state index in [-0.39, 0.29) is 5.41 Å². The lowest BCUT2D eigenvalue weighted by Crippen LogP contribution is -2.47. The van der Waals surface area contributed by atoms with Crippen molar-refractivity contribution in [2.45, 2.75) is 78.7 Å². The van der Waals surface area contributed by atoms with Gasteiger partial charge in [0, 0.05) is 18.0 Å². The highest BCUT2D eigenvalue weighted by molar-refractivity contribution is 5.82. The van der Waals surface area contributed by atoms with Crippen LogP contribution in [0.25, 0.3) is 0 Å². The van der Waals surface area contributed by atoms with Gasteiger partial charge in [0.05, 0.1) is 0 Å². The summed E-state index contributed by atoms with van der Waals surface area (Å²) in [7, 11) is 0. The summed E-state index contributed by atoms with van der Waals surface area (Å²) in [5.74, 6) is 0.369. The molecule has 0 bridgehead atoms. The molecular formula is C15H29NO. The SMILES string of the molecule is CCCN(C(=O)C(C)(C)CC)C1CCCCC1. The molecule has 0 unspecified atom stereocenters. The predicted octanol–water partition coefficient (Wildman–Crippen LogP) is 3.99. The molecule has 0 spiro atoms. The zero-order valence-corrected chi connectivity index (χ0v) is 12.1. The number of hydrogen-bond acceptors (Lipinski definition) is 1. The highest BCUT2D eigenvalue weighted by atomic mass is 16.2. The van der Waals surface area contributed by atoms with Crippen LogP contribution < -0.4 is 0 Å². The molecule has 2 nitrogen and oxygen atoms in total. The molecular weight excluding hydrogens is 210 g/mol. The van der Waals surface area contributed by atoms with E-state index in [9.17, 15) is 4.79 Å². The fourth-order valence-corrected chi connectivity index (χ4v) is 2.62. The monoisotopic (exact) mass is 239 g/mol. The van der Waals surface area contributed by atoms with Crippen molar-refractivity contribution in [1.82, 2.24) is 4.90 Å². The molecule has 0 atom stereocenters. The number of nitrogens with zero attached hydrogens (tertiary/aromatic N) is 1. The van der Waals surface area contributed by atoms with Gasteiger partial charge in [-0.25, -0.2) is 0 Å². The molecule has 0 aromatic rings. The molecule has 0 radical (unpaired) electrons. The van der Waals surface area contributed by atoms with Crippen molar-refractivity contribution < 1.29 is 4.79 Å². The zero-order chi connectivity index (χ0) is 12.9. The van der Waals surface area contributed by atoms with Crippen LogP contribution in [0, 0.1) is 5.41 Å². The second kappa shape index (κ2) is 6.42. The fourth-order valence-electron chi connectivity index (χ4n) is 2.62. The van der Waals surface area contributed by atoms with Crippen molar-refractivity contribution in [3.05, 3.63) is 0 Å². The zero-order valence-electron chi connectivity index (χ0n) is 12.1. The first-order valence-electron chi connectivity index (χ1n) is 7.34. The smallest absolute Gasteiger partial charge is 0.228 e. The standard InChI is InChI=1S/C15H29NO/c1-5-12-16(13-10-8-7-9-11-13)14(17)15(3,4)6-2/h13H,5-12H2,1-4H3. The number of carbonyl (C=O) groups is 1. The van der Waals surface area contributed by atoms with Crippen molar-refractivity contribution >= 4 is 5.91 Å². The highest BCUT2D eigenvalue weighted by Crippen LogP contribution is 2.29. The maximum Gasteiger partial charge on any atom is 0.228 e. The number of hydrogen-bond donors (Lipinski definition) is 0. The summed E-state index contributed by atoms with van der Waals surface area (Å²) < 4.78 is 0. The molecule has 0 heterocycles. The van der Waals surface area contributed by atoms with E-state index in [0.29, 0.717) is 11.9 Å². The lowest BCUT2D eigenvalue weighted by Gasteiger charge is -2.39. The average molecular weight is 239 g/mol. The van der Waals surface area contributed by atoms with Gasteiger partial charge in [0.1, 0.15) is 0 Å². The van der Waals surface area contributed by atoms with Crippen LogP contribution >= 0.6 is 0 Å². The van der Waals surface area contributed by atoms with Crippen molar-refractivity contribution in [1.29, 1.82) is 0 Å². The molecule has 2 heteroatoms. The van der Waals surface area contributed by atoms with Crippen LogP contribution in [0.2, 0.25) is 0 Å². The van der Waals surface area contributed by atoms with Gasteiger partial charge in [-0.2, -0.15) is 0 Å². The molecule has 0 saturated heterocycles. The van der Waals surface area contributed by atoms with E-state index >= 15 is 0 Å². The van der Waals surface area contributed by atoms with Crippen molar-refractivity contribution in [3.8, 4) is 0 Å². The van der Waals surface area contributed by atoms with Gasteiger partial charge in [-0.15, -0.1) is 0 Å². The Hall–Kier alpha value is -0.530. The summed E-state index contributed by atoms with van der Waals surface area (Å²) >= 11 is 0. The second-order valence-corrected chi connectivity index (χ2v) is 6.03. The Morgan fingerprint density at radius 1 is 1.18 bits per heavy atom. The Balaban J connectivity index is 2.73. The molecule has 17 heavy (non-hydrogen) atoms. The molecule has 0 aliphatic heterocycles. The van der Waals surface area contributed by atoms with Gasteiger partial charge in [0.25, 0.3) is 0 Å². The first kappa shape index (κ1) is 14.5. The molecule has 0 N–H and O–H groups in total. The van der Waals surface area contributed by atoms with E-state index in [1.807, 2.05) is 0 Å². The maximum absolute atomic E-state index is 12.6. The Labute approximate surface area is 107 Å². The second-order valence-electron chi connectivity index (χ2n) is 6.03. The van der Waals surface area contributed by atoms with E-state index in [0.717, 1.165) is 19.4 Å². The van der Waals surface area contributed by atoms with Crippen LogP contribution in [0.5, 0.6) is 0 Å².